The summed E-state index contributed by atoms with van der Waals surface area (Å²) in [5, 5.41) is 0. The molecular weight excluding hydrogens is 298 g/mol. The van der Waals surface area contributed by atoms with E-state index < -0.39 is 42.9 Å². The van der Waals surface area contributed by atoms with Crippen LogP contribution in [0.4, 0.5) is 26.3 Å². The maximum atomic E-state index is 12.4. The molecule has 10 heteroatoms. The van der Waals surface area contributed by atoms with Crippen molar-refractivity contribution in [3.63, 3.8) is 0 Å². The monoisotopic (exact) mass is 308 g/mol. The van der Waals surface area contributed by atoms with Crippen molar-refractivity contribution < 1.29 is 45.4 Å². The Balaban J connectivity index is 4.70. The van der Waals surface area contributed by atoms with Crippen molar-refractivity contribution in [2.24, 2.45) is 0 Å². The van der Waals surface area contributed by atoms with Gasteiger partial charge in [-0.3, -0.25) is 0 Å². The van der Waals surface area contributed by atoms with Gasteiger partial charge in [0.2, 0.25) is 0 Å². The van der Waals surface area contributed by atoms with Gasteiger partial charge in [-0.05, 0) is 6.92 Å². The minimum Gasteiger partial charge on any atom is -0.458 e. The number of rotatable bonds is 4. The van der Waals surface area contributed by atoms with Crippen LogP contribution >= 0.6 is 0 Å². The fourth-order valence-electron chi connectivity index (χ4n) is 0.888. The number of allylic oxidation sites excluding steroid dienone is 1. The summed E-state index contributed by atoms with van der Waals surface area (Å²) in [6, 6.07) is 0. The third kappa shape index (κ3) is 7.64. The van der Waals surface area contributed by atoms with Gasteiger partial charge in [-0.25, -0.2) is 9.59 Å². The van der Waals surface area contributed by atoms with Crippen LogP contribution in [0.25, 0.3) is 0 Å². The van der Waals surface area contributed by atoms with Crippen LogP contribution in [0.5, 0.6) is 0 Å². The Hall–Kier alpha value is -1.74. The van der Waals surface area contributed by atoms with Crippen LogP contribution in [-0.2, 0) is 19.1 Å². The average molecular weight is 308 g/mol. The molecule has 0 aromatic rings. The van der Waals surface area contributed by atoms with Gasteiger partial charge >= 0.3 is 24.3 Å². The largest absolute Gasteiger partial charge is 0.458 e. The quantitative estimate of drug-likeness (QED) is 0.347. The first-order valence-corrected chi connectivity index (χ1v) is 5.14. The predicted octanol–water partition coefficient (Wildman–Crippen LogP) is 2.53. The topological polar surface area (TPSA) is 52.6 Å². The Labute approximate surface area is 109 Å². The van der Waals surface area contributed by atoms with Gasteiger partial charge in [0.05, 0.1) is 18.6 Å². The van der Waals surface area contributed by atoms with Gasteiger partial charge in [-0.15, -0.1) is 0 Å². The molecule has 0 fully saturated rings. The molecule has 0 amide bonds. The molecular formula is C10H10F6O4. The molecule has 4 nitrogen and oxygen atoms in total. The highest BCUT2D eigenvalue weighted by molar-refractivity contribution is 6.29. The maximum absolute atomic E-state index is 12.4. The van der Waals surface area contributed by atoms with Crippen LogP contribution < -0.4 is 0 Å². The molecule has 0 radical (unpaired) electrons. The van der Waals surface area contributed by atoms with E-state index >= 15 is 0 Å². The van der Waals surface area contributed by atoms with Crippen LogP contribution in [0.3, 0.4) is 0 Å². The smallest absolute Gasteiger partial charge is 0.417 e. The molecule has 0 atom stereocenters. The third-order valence-electron chi connectivity index (χ3n) is 1.74. The summed E-state index contributed by atoms with van der Waals surface area (Å²) in [5.41, 5.74) is -1.72. The molecule has 0 spiro atoms. The Morgan fingerprint density at radius 1 is 1.00 bits per heavy atom. The van der Waals surface area contributed by atoms with Crippen molar-refractivity contribution in [1.82, 2.24) is 0 Å². The molecule has 0 saturated carbocycles. The molecule has 0 bridgehead atoms. The van der Waals surface area contributed by atoms with Crippen molar-refractivity contribution in [2.75, 3.05) is 13.2 Å². The van der Waals surface area contributed by atoms with Gasteiger partial charge < -0.3 is 9.47 Å². The molecule has 0 aromatic heterocycles. The molecule has 0 saturated heterocycles. The average Bonchev–Trinajstić information content (AvgIpc) is 2.25. The minimum absolute atomic E-state index is 0.154. The van der Waals surface area contributed by atoms with E-state index in [0.717, 1.165) is 0 Å². The Kier molecular flexibility index (Phi) is 6.53. The second kappa shape index (κ2) is 7.15. The number of halogens is 6. The van der Waals surface area contributed by atoms with Crippen LogP contribution in [-0.4, -0.2) is 37.5 Å². The number of ether oxygens (including phenoxy) is 2. The van der Waals surface area contributed by atoms with Gasteiger partial charge in [-0.2, -0.15) is 26.3 Å². The molecule has 0 aliphatic carbocycles. The van der Waals surface area contributed by atoms with Crippen molar-refractivity contribution in [3.8, 4) is 0 Å². The van der Waals surface area contributed by atoms with E-state index in [1.54, 1.807) is 0 Å². The Morgan fingerprint density at radius 2 is 1.50 bits per heavy atom. The SMILES string of the molecule is CCOC(=O)C(=O)OC/C(=C/CC(F)(F)F)C(F)(F)F. The van der Waals surface area contributed by atoms with E-state index in [4.69, 9.17) is 0 Å². The van der Waals surface area contributed by atoms with Crippen molar-refractivity contribution in [1.29, 1.82) is 0 Å². The lowest BCUT2D eigenvalue weighted by atomic mass is 10.2. The Bertz CT molecular complexity index is 382. The zero-order valence-electron chi connectivity index (χ0n) is 10.1. The van der Waals surface area contributed by atoms with Crippen molar-refractivity contribution in [3.05, 3.63) is 11.6 Å². The number of carbonyl (C=O) groups excluding carboxylic acids is 2. The van der Waals surface area contributed by atoms with E-state index in [1.165, 1.54) is 6.92 Å². The second-order valence-corrected chi connectivity index (χ2v) is 3.34. The molecule has 0 unspecified atom stereocenters. The predicted molar refractivity (Wildman–Crippen MR) is 52.4 cm³/mol. The van der Waals surface area contributed by atoms with Gasteiger partial charge in [-0.1, -0.05) is 6.08 Å². The number of alkyl halides is 6. The molecule has 0 heterocycles. The summed E-state index contributed by atoms with van der Waals surface area (Å²) in [6.07, 6.45) is -11.9. The lowest BCUT2D eigenvalue weighted by molar-refractivity contribution is -0.168. The first kappa shape index (κ1) is 18.3. The normalized spacial score (nSPS) is 13.1. The molecule has 116 valence electrons. The van der Waals surface area contributed by atoms with E-state index in [1.807, 2.05) is 0 Å². The van der Waals surface area contributed by atoms with Gasteiger partial charge in [0.1, 0.15) is 6.61 Å². The first-order valence-electron chi connectivity index (χ1n) is 5.14. The minimum atomic E-state index is -5.11. The van der Waals surface area contributed by atoms with Crippen LogP contribution in [0.1, 0.15) is 13.3 Å². The maximum Gasteiger partial charge on any atom is 0.417 e. The van der Waals surface area contributed by atoms with E-state index in [0.29, 0.717) is 0 Å². The summed E-state index contributed by atoms with van der Waals surface area (Å²) in [6.45, 7) is -0.364. The summed E-state index contributed by atoms with van der Waals surface area (Å²) in [5.74, 6) is -3.24. The van der Waals surface area contributed by atoms with Gasteiger partial charge in [0, 0.05) is 0 Å². The lowest BCUT2D eigenvalue weighted by Gasteiger charge is -2.12. The van der Waals surface area contributed by atoms with Crippen molar-refractivity contribution >= 4 is 11.9 Å². The fraction of sp³-hybridized carbons (Fsp3) is 0.600. The highest BCUT2D eigenvalue weighted by atomic mass is 19.4. The molecule has 0 aromatic carbocycles. The highest BCUT2D eigenvalue weighted by Gasteiger charge is 2.36. The van der Waals surface area contributed by atoms with E-state index in [9.17, 15) is 35.9 Å². The van der Waals surface area contributed by atoms with Gasteiger partial charge in [0.25, 0.3) is 0 Å². The van der Waals surface area contributed by atoms with Crippen LogP contribution in [0, 0.1) is 0 Å². The molecule has 0 aliphatic heterocycles. The second-order valence-electron chi connectivity index (χ2n) is 3.34. The number of hydrogen-bond donors (Lipinski definition) is 0. The molecule has 0 aliphatic rings. The van der Waals surface area contributed by atoms with Crippen LogP contribution in [0.15, 0.2) is 11.6 Å². The summed E-state index contributed by atoms with van der Waals surface area (Å²) in [7, 11) is 0. The summed E-state index contributed by atoms with van der Waals surface area (Å²) in [4.78, 5) is 21.6. The van der Waals surface area contributed by atoms with E-state index in [2.05, 4.69) is 9.47 Å². The van der Waals surface area contributed by atoms with Crippen LogP contribution in [0.2, 0.25) is 0 Å². The number of hydrogen-bond acceptors (Lipinski definition) is 4. The third-order valence-corrected chi connectivity index (χ3v) is 1.74. The lowest BCUT2D eigenvalue weighted by Crippen LogP contribution is -2.25. The Morgan fingerprint density at radius 3 is 1.90 bits per heavy atom. The van der Waals surface area contributed by atoms with Gasteiger partial charge in [0.15, 0.2) is 0 Å². The molecule has 20 heavy (non-hydrogen) atoms. The summed E-state index contributed by atoms with van der Waals surface area (Å²) >= 11 is 0. The molecule has 0 N–H and O–H groups in total. The summed E-state index contributed by atoms with van der Waals surface area (Å²) < 4.78 is 80.7. The molecule has 0 rings (SSSR count). The van der Waals surface area contributed by atoms with Crippen molar-refractivity contribution in [2.45, 2.75) is 25.7 Å². The zero-order chi connectivity index (χ0) is 16.0. The standard InChI is InChI=1S/C10H10F6O4/c1-2-19-7(17)8(18)20-5-6(10(14,15)16)3-4-9(11,12)13/h3H,2,4-5H2,1H3/b6-3-. The van der Waals surface area contributed by atoms with E-state index in [-0.39, 0.29) is 12.7 Å². The number of esters is 2. The first-order chi connectivity index (χ1) is 8.97. The highest BCUT2D eigenvalue weighted by Crippen LogP contribution is 2.29. The zero-order valence-corrected chi connectivity index (χ0v) is 10.1. The number of carbonyl (C=O) groups is 2. The fourth-order valence-corrected chi connectivity index (χ4v) is 0.888.